The summed E-state index contributed by atoms with van der Waals surface area (Å²) in [6.45, 7) is 2.22. The lowest BCUT2D eigenvalue weighted by molar-refractivity contribution is -0.659. The molecule has 3 heterocycles. The number of hydrogen-bond donors (Lipinski definition) is 0. The summed E-state index contributed by atoms with van der Waals surface area (Å²) >= 11 is 0. The minimum Gasteiger partial charge on any atom is -0.351 e. The molecule has 168 valence electrons. The highest BCUT2D eigenvalue weighted by Crippen LogP contribution is 2.35. The Morgan fingerprint density at radius 2 is 1.37 bits per heavy atom. The van der Waals surface area contributed by atoms with Gasteiger partial charge in [-0.05, 0) is 71.8 Å². The zero-order valence-corrected chi connectivity index (χ0v) is 20.2. The number of para-hydroxylation sites is 2. The largest absolute Gasteiger partial charge is 0.351 e. The molecular weight excluding hydrogens is 426 g/mol. The number of rotatable bonds is 2. The van der Waals surface area contributed by atoms with Crippen LogP contribution in [0.3, 0.4) is 0 Å². The Bertz CT molecular complexity index is 1880. The van der Waals surface area contributed by atoms with Gasteiger partial charge in [-0.3, -0.25) is 0 Å². The van der Waals surface area contributed by atoms with Crippen LogP contribution in [-0.4, -0.2) is 9.13 Å². The summed E-state index contributed by atoms with van der Waals surface area (Å²) in [7, 11) is 4.26. The monoisotopic (exact) mass is 452 g/mol. The quantitative estimate of drug-likeness (QED) is 0.246. The normalized spacial score (nSPS) is 11.9. The van der Waals surface area contributed by atoms with Crippen LogP contribution in [0.15, 0.2) is 103 Å². The third kappa shape index (κ3) is 2.88. The maximum atomic E-state index is 2.39. The van der Waals surface area contributed by atoms with Crippen molar-refractivity contribution >= 4 is 43.5 Å². The summed E-state index contributed by atoms with van der Waals surface area (Å²) in [5.74, 6) is 0. The van der Waals surface area contributed by atoms with Crippen molar-refractivity contribution in [1.82, 2.24) is 9.13 Å². The van der Waals surface area contributed by atoms with Crippen LogP contribution in [0, 0.1) is 6.92 Å². The molecule has 0 N–H and O–H groups in total. The number of pyridine rings is 1. The molecule has 0 unspecified atom stereocenters. The topological polar surface area (TPSA) is 13.7 Å². The van der Waals surface area contributed by atoms with E-state index >= 15 is 0 Å². The molecule has 0 spiro atoms. The Kier molecular flexibility index (Phi) is 4.19. The predicted octanol–water partition coefficient (Wildman–Crippen LogP) is 7.23. The minimum absolute atomic E-state index is 1.18. The number of aromatic nitrogens is 3. The smallest absolute Gasteiger partial charge is 0.220 e. The third-order valence-electron chi connectivity index (χ3n) is 7.45. The van der Waals surface area contributed by atoms with Gasteiger partial charge in [0.1, 0.15) is 7.05 Å². The molecule has 0 saturated carbocycles. The number of aryl methyl sites for hydroxylation is 3. The fraction of sp³-hybridized carbons (Fsp3) is 0.0938. The van der Waals surface area contributed by atoms with E-state index in [0.29, 0.717) is 0 Å². The molecular formula is C32H26N3+. The van der Waals surface area contributed by atoms with Gasteiger partial charge in [0, 0.05) is 41.3 Å². The molecule has 35 heavy (non-hydrogen) atoms. The van der Waals surface area contributed by atoms with Crippen LogP contribution in [0.1, 0.15) is 5.56 Å². The third-order valence-corrected chi connectivity index (χ3v) is 7.45. The van der Waals surface area contributed by atoms with Crippen molar-refractivity contribution in [3.8, 4) is 16.9 Å². The highest BCUT2D eigenvalue weighted by molar-refractivity contribution is 6.09. The zero-order valence-electron chi connectivity index (χ0n) is 20.2. The molecule has 0 radical (unpaired) electrons. The molecule has 0 aliphatic carbocycles. The van der Waals surface area contributed by atoms with Crippen LogP contribution in [0.25, 0.3) is 60.4 Å². The van der Waals surface area contributed by atoms with Gasteiger partial charge < -0.3 is 9.13 Å². The first-order chi connectivity index (χ1) is 17.1. The predicted molar refractivity (Wildman–Crippen MR) is 146 cm³/mol. The Hall–Kier alpha value is -4.37. The van der Waals surface area contributed by atoms with Crippen molar-refractivity contribution in [2.45, 2.75) is 6.92 Å². The molecule has 4 aromatic carbocycles. The second-order valence-electron chi connectivity index (χ2n) is 9.57. The van der Waals surface area contributed by atoms with Gasteiger partial charge in [0.05, 0.1) is 22.0 Å². The van der Waals surface area contributed by atoms with Crippen LogP contribution >= 0.6 is 0 Å². The molecule has 3 aromatic heterocycles. The van der Waals surface area contributed by atoms with E-state index in [1.165, 1.54) is 66.0 Å². The van der Waals surface area contributed by atoms with Crippen molar-refractivity contribution in [1.29, 1.82) is 0 Å². The molecule has 0 fully saturated rings. The second-order valence-corrected chi connectivity index (χ2v) is 9.57. The fourth-order valence-corrected chi connectivity index (χ4v) is 5.72. The highest BCUT2D eigenvalue weighted by Gasteiger charge is 2.19. The standard InChI is InChI=1S/C32H26N3/c1-21-18-23-15-16-33(2)31(23)20-28(21)32-25-13-12-24(19-22(25)14-17-34(32)3)35-29-10-6-4-8-26(29)27-9-5-7-11-30(27)35/h4-20H,1-3H3/q+1. The number of hydrogen-bond acceptors (Lipinski definition) is 0. The van der Waals surface area contributed by atoms with Gasteiger partial charge in [0.15, 0.2) is 6.20 Å². The zero-order chi connectivity index (χ0) is 23.7. The SMILES string of the molecule is Cc1cc2ccn(C)c2cc1-c1c2ccc(-n3c4ccccc4c4ccccc43)cc2cc[n+]1C. The lowest BCUT2D eigenvalue weighted by Gasteiger charge is -2.12. The van der Waals surface area contributed by atoms with E-state index in [0.717, 1.165) is 0 Å². The average Bonchev–Trinajstić information content (AvgIpc) is 3.41. The summed E-state index contributed by atoms with van der Waals surface area (Å²) in [5, 5.41) is 6.36. The second kappa shape index (κ2) is 7.31. The number of benzene rings is 4. The fourth-order valence-electron chi connectivity index (χ4n) is 5.72. The molecule has 0 aliphatic rings. The summed E-state index contributed by atoms with van der Waals surface area (Å²) < 4.78 is 6.83. The number of fused-ring (bicyclic) bond motifs is 5. The number of nitrogens with zero attached hydrogens (tertiary/aromatic N) is 3. The van der Waals surface area contributed by atoms with Gasteiger partial charge in [0.2, 0.25) is 5.69 Å². The van der Waals surface area contributed by atoms with E-state index < -0.39 is 0 Å². The molecule has 0 bridgehead atoms. The minimum atomic E-state index is 1.18. The summed E-state index contributed by atoms with van der Waals surface area (Å²) in [4.78, 5) is 0. The first-order valence-electron chi connectivity index (χ1n) is 12.1. The Balaban J connectivity index is 1.50. The highest BCUT2D eigenvalue weighted by atomic mass is 15.0. The van der Waals surface area contributed by atoms with Gasteiger partial charge in [-0.25, -0.2) is 4.57 Å². The van der Waals surface area contributed by atoms with Crippen LogP contribution in [-0.2, 0) is 14.1 Å². The first kappa shape index (κ1) is 20.0. The molecule has 7 rings (SSSR count). The van der Waals surface area contributed by atoms with E-state index in [4.69, 9.17) is 0 Å². The average molecular weight is 453 g/mol. The Morgan fingerprint density at radius 3 is 2.11 bits per heavy atom. The molecule has 0 amide bonds. The van der Waals surface area contributed by atoms with Crippen molar-refractivity contribution in [2.24, 2.45) is 14.1 Å². The Morgan fingerprint density at radius 1 is 0.657 bits per heavy atom. The Labute approximate surface area is 204 Å². The van der Waals surface area contributed by atoms with E-state index in [-0.39, 0.29) is 0 Å². The summed E-state index contributed by atoms with van der Waals surface area (Å²) in [5.41, 5.74) is 8.72. The lowest BCUT2D eigenvalue weighted by atomic mass is 9.98. The summed E-state index contributed by atoms with van der Waals surface area (Å²) in [6.07, 6.45) is 4.32. The molecule has 3 nitrogen and oxygen atoms in total. The molecule has 7 aromatic rings. The van der Waals surface area contributed by atoms with E-state index in [2.05, 4.69) is 138 Å². The van der Waals surface area contributed by atoms with Gasteiger partial charge in [-0.15, -0.1) is 0 Å². The molecule has 0 saturated heterocycles. The van der Waals surface area contributed by atoms with Crippen LogP contribution in [0.2, 0.25) is 0 Å². The summed E-state index contributed by atoms with van der Waals surface area (Å²) in [6, 6.07) is 33.3. The lowest BCUT2D eigenvalue weighted by Crippen LogP contribution is -2.30. The molecule has 0 atom stereocenters. The maximum Gasteiger partial charge on any atom is 0.220 e. The first-order valence-corrected chi connectivity index (χ1v) is 12.1. The molecule has 3 heteroatoms. The van der Waals surface area contributed by atoms with E-state index in [9.17, 15) is 0 Å². The van der Waals surface area contributed by atoms with Crippen molar-refractivity contribution < 1.29 is 4.57 Å². The van der Waals surface area contributed by atoms with Gasteiger partial charge in [-0.1, -0.05) is 36.4 Å². The van der Waals surface area contributed by atoms with Crippen LogP contribution < -0.4 is 4.57 Å². The van der Waals surface area contributed by atoms with E-state index in [1.54, 1.807) is 0 Å². The molecule has 0 aliphatic heterocycles. The van der Waals surface area contributed by atoms with E-state index in [1.807, 2.05) is 0 Å². The maximum absolute atomic E-state index is 2.39. The van der Waals surface area contributed by atoms with Crippen molar-refractivity contribution in [2.75, 3.05) is 0 Å². The van der Waals surface area contributed by atoms with Gasteiger partial charge in [-0.2, -0.15) is 0 Å². The van der Waals surface area contributed by atoms with Crippen LogP contribution in [0.5, 0.6) is 0 Å². The van der Waals surface area contributed by atoms with Gasteiger partial charge >= 0.3 is 0 Å². The van der Waals surface area contributed by atoms with Crippen molar-refractivity contribution in [3.05, 3.63) is 109 Å². The van der Waals surface area contributed by atoms with Gasteiger partial charge in [0.25, 0.3) is 0 Å². The van der Waals surface area contributed by atoms with Crippen LogP contribution in [0.4, 0.5) is 0 Å². The van der Waals surface area contributed by atoms with Crippen molar-refractivity contribution in [3.63, 3.8) is 0 Å².